The molecule has 1 atom stereocenters. The molecule has 168 valence electrons. The summed E-state index contributed by atoms with van der Waals surface area (Å²) in [6.45, 7) is 7.18. The van der Waals surface area contributed by atoms with Crippen LogP contribution in [0.4, 0.5) is 5.69 Å². The van der Waals surface area contributed by atoms with Gasteiger partial charge in [0.1, 0.15) is 11.5 Å². The molecule has 0 spiro atoms. The first kappa shape index (κ1) is 23.5. The Balaban J connectivity index is 1.60. The van der Waals surface area contributed by atoms with Crippen LogP contribution in [0.2, 0.25) is 0 Å². The zero-order valence-electron chi connectivity index (χ0n) is 18.5. The number of carbonyl (C=O) groups excluding carboxylic acids is 3. The number of hydrogen-bond acceptors (Lipinski definition) is 5. The number of esters is 2. The molecule has 1 amide bonds. The summed E-state index contributed by atoms with van der Waals surface area (Å²) in [5, 5.41) is 2.83. The number of anilines is 1. The molecule has 6 heteroatoms. The van der Waals surface area contributed by atoms with E-state index in [1.807, 2.05) is 38.1 Å². The minimum Gasteiger partial charge on any atom is -0.423 e. The van der Waals surface area contributed by atoms with Crippen molar-refractivity contribution in [3.63, 3.8) is 0 Å². The Morgan fingerprint density at radius 3 is 1.85 bits per heavy atom. The van der Waals surface area contributed by atoms with E-state index >= 15 is 0 Å². The molecule has 3 rings (SSSR count). The predicted molar refractivity (Wildman–Crippen MR) is 127 cm³/mol. The molecule has 0 bridgehead atoms. The molecule has 0 heterocycles. The van der Waals surface area contributed by atoms with E-state index in [9.17, 15) is 14.4 Å². The molecule has 0 fully saturated rings. The van der Waals surface area contributed by atoms with Gasteiger partial charge in [0, 0.05) is 17.7 Å². The van der Waals surface area contributed by atoms with Crippen molar-refractivity contribution in [3.05, 3.63) is 91.0 Å². The van der Waals surface area contributed by atoms with E-state index in [4.69, 9.17) is 9.47 Å². The van der Waals surface area contributed by atoms with Gasteiger partial charge in [-0.25, -0.2) is 9.59 Å². The third-order valence-corrected chi connectivity index (χ3v) is 5.09. The van der Waals surface area contributed by atoms with Crippen molar-refractivity contribution >= 4 is 23.5 Å². The van der Waals surface area contributed by atoms with Gasteiger partial charge < -0.3 is 14.8 Å². The van der Waals surface area contributed by atoms with E-state index in [0.717, 1.165) is 23.6 Å². The topological polar surface area (TPSA) is 81.7 Å². The molecule has 0 aliphatic rings. The van der Waals surface area contributed by atoms with E-state index in [2.05, 4.69) is 11.9 Å². The second kappa shape index (κ2) is 10.9. The van der Waals surface area contributed by atoms with E-state index in [-0.39, 0.29) is 11.8 Å². The Kier molecular flexibility index (Phi) is 7.76. The van der Waals surface area contributed by atoms with Gasteiger partial charge in [0.2, 0.25) is 5.91 Å². The van der Waals surface area contributed by atoms with Crippen LogP contribution in [0.15, 0.2) is 85.5 Å². The Bertz CT molecular complexity index is 1130. The number of nitrogens with one attached hydrogen (secondary N) is 1. The molecule has 0 aliphatic heterocycles. The van der Waals surface area contributed by atoms with Gasteiger partial charge in [-0.15, -0.1) is 0 Å². The fourth-order valence-electron chi connectivity index (χ4n) is 2.90. The number of hydrogen-bond donors (Lipinski definition) is 1. The monoisotopic (exact) mass is 443 g/mol. The molecule has 1 unspecified atom stereocenters. The molecule has 3 aromatic carbocycles. The second-order valence-electron chi connectivity index (χ2n) is 7.44. The highest BCUT2D eigenvalue weighted by atomic mass is 16.5. The zero-order valence-corrected chi connectivity index (χ0v) is 18.5. The summed E-state index contributed by atoms with van der Waals surface area (Å²) in [5.41, 5.74) is 2.84. The maximum absolute atomic E-state index is 12.4. The van der Waals surface area contributed by atoms with Gasteiger partial charge in [0.25, 0.3) is 0 Å². The molecule has 0 aliphatic carbocycles. The van der Waals surface area contributed by atoms with Gasteiger partial charge >= 0.3 is 11.9 Å². The van der Waals surface area contributed by atoms with Crippen LogP contribution in [0.1, 0.15) is 30.6 Å². The number of amides is 1. The first-order valence-corrected chi connectivity index (χ1v) is 10.6. The average Bonchev–Trinajstić information content (AvgIpc) is 2.84. The summed E-state index contributed by atoms with van der Waals surface area (Å²) in [7, 11) is 0. The molecular weight excluding hydrogens is 418 g/mol. The van der Waals surface area contributed by atoms with Crippen molar-refractivity contribution < 1.29 is 23.9 Å². The Hall–Kier alpha value is -4.19. The highest BCUT2D eigenvalue weighted by molar-refractivity contribution is 5.94. The van der Waals surface area contributed by atoms with Crippen LogP contribution in [-0.4, -0.2) is 17.8 Å². The zero-order chi connectivity index (χ0) is 23.8. The van der Waals surface area contributed by atoms with Crippen molar-refractivity contribution in [1.82, 2.24) is 0 Å². The van der Waals surface area contributed by atoms with Crippen LogP contribution in [0.25, 0.3) is 11.1 Å². The summed E-state index contributed by atoms with van der Waals surface area (Å²) in [5.74, 6) is -0.296. The minimum absolute atomic E-state index is 0.0552. The maximum atomic E-state index is 12.4. The molecule has 0 aromatic heterocycles. The smallest absolute Gasteiger partial charge is 0.343 e. The van der Waals surface area contributed by atoms with Crippen molar-refractivity contribution in [2.45, 2.75) is 20.3 Å². The number of rotatable bonds is 8. The number of carbonyl (C=O) groups is 3. The van der Waals surface area contributed by atoms with E-state index in [1.54, 1.807) is 48.5 Å². The van der Waals surface area contributed by atoms with Crippen LogP contribution in [-0.2, 0) is 9.59 Å². The van der Waals surface area contributed by atoms with Crippen molar-refractivity contribution in [3.8, 4) is 22.6 Å². The van der Waals surface area contributed by atoms with Crippen LogP contribution in [0, 0.1) is 5.92 Å². The molecule has 6 nitrogen and oxygen atoms in total. The molecule has 1 N–H and O–H groups in total. The van der Waals surface area contributed by atoms with Gasteiger partial charge in [-0.1, -0.05) is 44.7 Å². The molecule has 3 aromatic rings. The number of ether oxygens (including phenoxy) is 2. The molecular formula is C27H25NO5. The van der Waals surface area contributed by atoms with Crippen molar-refractivity contribution in [1.29, 1.82) is 0 Å². The third-order valence-electron chi connectivity index (χ3n) is 5.09. The van der Waals surface area contributed by atoms with Crippen molar-refractivity contribution in [2.75, 3.05) is 5.32 Å². The van der Waals surface area contributed by atoms with Gasteiger partial charge in [-0.05, 0) is 66.1 Å². The fourth-order valence-corrected chi connectivity index (χ4v) is 2.90. The van der Waals surface area contributed by atoms with Gasteiger partial charge in [0.15, 0.2) is 0 Å². The largest absolute Gasteiger partial charge is 0.423 e. The molecule has 0 radical (unpaired) electrons. The van der Waals surface area contributed by atoms with Crippen LogP contribution >= 0.6 is 0 Å². The van der Waals surface area contributed by atoms with E-state index < -0.39 is 11.9 Å². The molecule has 0 saturated heterocycles. The van der Waals surface area contributed by atoms with Crippen molar-refractivity contribution in [2.24, 2.45) is 5.92 Å². The summed E-state index contributed by atoms with van der Waals surface area (Å²) in [6, 6.07) is 20.7. The molecule has 0 saturated carbocycles. The summed E-state index contributed by atoms with van der Waals surface area (Å²) < 4.78 is 10.5. The first-order valence-electron chi connectivity index (χ1n) is 10.6. The maximum Gasteiger partial charge on any atom is 0.343 e. The highest BCUT2D eigenvalue weighted by Gasteiger charge is 2.12. The van der Waals surface area contributed by atoms with E-state index in [1.165, 1.54) is 0 Å². The summed E-state index contributed by atoms with van der Waals surface area (Å²) in [6.07, 6.45) is 1.86. The predicted octanol–water partition coefficient (Wildman–Crippen LogP) is 5.65. The Labute approximate surface area is 192 Å². The summed E-state index contributed by atoms with van der Waals surface area (Å²) in [4.78, 5) is 35.7. The molecule has 33 heavy (non-hydrogen) atoms. The van der Waals surface area contributed by atoms with Crippen LogP contribution in [0.3, 0.4) is 0 Å². The fraction of sp³-hybridized carbons (Fsp3) is 0.148. The quantitative estimate of drug-likeness (QED) is 0.276. The van der Waals surface area contributed by atoms with Crippen LogP contribution in [0.5, 0.6) is 11.5 Å². The average molecular weight is 443 g/mol. The lowest BCUT2D eigenvalue weighted by molar-refractivity contribution is -0.129. The lowest BCUT2D eigenvalue weighted by Crippen LogP contribution is -2.19. The normalized spacial score (nSPS) is 11.2. The van der Waals surface area contributed by atoms with Gasteiger partial charge in [-0.3, -0.25) is 4.79 Å². The van der Waals surface area contributed by atoms with Gasteiger partial charge in [-0.2, -0.15) is 0 Å². The van der Waals surface area contributed by atoms with Crippen LogP contribution < -0.4 is 14.8 Å². The standard InChI is InChI=1S/C27H25NO5/c1-4-18(3)26(30)28-22-12-6-21(7-13-22)27(31)33-24-16-10-20(11-17-24)19-8-14-23(15-9-19)32-25(29)5-2/h5-18H,2,4H2,1,3H3,(H,28,30). The van der Waals surface area contributed by atoms with E-state index in [0.29, 0.717) is 22.7 Å². The number of benzene rings is 3. The first-order chi connectivity index (χ1) is 15.9. The Morgan fingerprint density at radius 2 is 1.36 bits per heavy atom. The minimum atomic E-state index is -0.514. The highest BCUT2D eigenvalue weighted by Crippen LogP contribution is 2.25. The van der Waals surface area contributed by atoms with Gasteiger partial charge in [0.05, 0.1) is 5.56 Å². The lowest BCUT2D eigenvalue weighted by atomic mass is 10.1. The lowest BCUT2D eigenvalue weighted by Gasteiger charge is -2.10. The third kappa shape index (κ3) is 6.40. The second-order valence-corrected chi connectivity index (χ2v) is 7.44. The Morgan fingerprint density at radius 1 is 0.848 bits per heavy atom. The SMILES string of the molecule is C=CC(=O)Oc1ccc(-c2ccc(OC(=O)c3ccc(NC(=O)C(C)CC)cc3)cc2)cc1. The summed E-state index contributed by atoms with van der Waals surface area (Å²) >= 11 is 0.